The lowest BCUT2D eigenvalue weighted by Gasteiger charge is -2.43. The molecule has 0 spiro atoms. The first kappa shape index (κ1) is 25.4. The number of anilines is 2. The predicted octanol–water partition coefficient (Wildman–Crippen LogP) is 2.29. The van der Waals surface area contributed by atoms with E-state index in [2.05, 4.69) is 25.7 Å². The molecule has 2 amide bonds. The van der Waals surface area contributed by atoms with Gasteiger partial charge >= 0.3 is 0 Å². The number of piperazine rings is 1. The molecular formula is C21H33ClFN7O3. The van der Waals surface area contributed by atoms with Crippen molar-refractivity contribution in [2.75, 3.05) is 37.0 Å². The third kappa shape index (κ3) is 6.42. The van der Waals surface area contributed by atoms with Crippen molar-refractivity contribution in [1.82, 2.24) is 25.4 Å². The van der Waals surface area contributed by atoms with Crippen LogP contribution in [0, 0.1) is 17.7 Å². The molecule has 2 unspecified atom stereocenters. The van der Waals surface area contributed by atoms with Crippen LogP contribution in [0.5, 0.6) is 0 Å². The van der Waals surface area contributed by atoms with E-state index in [9.17, 15) is 14.8 Å². The van der Waals surface area contributed by atoms with Crippen LogP contribution in [0.4, 0.5) is 16.0 Å². The smallest absolute Gasteiger partial charge is 0.243 e. The average Bonchev–Trinajstić information content (AvgIpc) is 3.29. The highest BCUT2D eigenvalue weighted by Gasteiger charge is 2.31. The van der Waals surface area contributed by atoms with Crippen LogP contribution in [0.15, 0.2) is 0 Å². The van der Waals surface area contributed by atoms with E-state index < -0.39 is 17.6 Å². The number of rotatable bonds is 9. The van der Waals surface area contributed by atoms with E-state index in [1.165, 1.54) is 0 Å². The lowest BCUT2D eigenvalue weighted by molar-refractivity contribution is -0.154. The third-order valence-corrected chi connectivity index (χ3v) is 6.84. The highest BCUT2D eigenvalue weighted by molar-refractivity contribution is 6.28. The molecule has 1 aliphatic heterocycles. The van der Waals surface area contributed by atoms with Gasteiger partial charge in [-0.2, -0.15) is 14.4 Å². The van der Waals surface area contributed by atoms with Gasteiger partial charge in [0, 0.05) is 25.2 Å². The van der Waals surface area contributed by atoms with E-state index in [1.54, 1.807) is 0 Å². The summed E-state index contributed by atoms with van der Waals surface area (Å²) in [4.78, 5) is 35.7. The highest BCUT2D eigenvalue weighted by Crippen LogP contribution is 2.31. The standard InChI is InChI=1S/C21H33ClFN7O3/c1-13-10-30(14(2)9-28(13)3)19-17(23)18(24-21(22)25-19)26-27-20(32)16(11-29(33)12-31)8-15-6-4-5-7-15/h12-16,33H,4-11H2,1-3H3,(H,27,32)(H,24,25,26)/t13?,14?,16-/m0/s1. The maximum absolute atomic E-state index is 15.3. The van der Waals surface area contributed by atoms with E-state index in [-0.39, 0.29) is 42.0 Å². The van der Waals surface area contributed by atoms with Crippen molar-refractivity contribution in [1.29, 1.82) is 0 Å². The summed E-state index contributed by atoms with van der Waals surface area (Å²) in [5.41, 5.74) is 5.00. The lowest BCUT2D eigenvalue weighted by Crippen LogP contribution is -2.55. The zero-order chi connectivity index (χ0) is 24.1. The number of nitrogens with zero attached hydrogens (tertiary/aromatic N) is 5. The number of nitrogens with one attached hydrogen (secondary N) is 2. The number of carbonyl (C=O) groups is 2. The number of aromatic nitrogens is 2. The first-order valence-electron chi connectivity index (χ1n) is 11.4. The van der Waals surface area contributed by atoms with Gasteiger partial charge in [0.2, 0.25) is 23.4 Å². The van der Waals surface area contributed by atoms with E-state index in [0.29, 0.717) is 23.9 Å². The van der Waals surface area contributed by atoms with Crippen molar-refractivity contribution >= 4 is 35.6 Å². The Morgan fingerprint density at radius 2 is 2.00 bits per heavy atom. The van der Waals surface area contributed by atoms with Crippen molar-refractivity contribution in [2.45, 2.75) is 58.0 Å². The van der Waals surface area contributed by atoms with Gasteiger partial charge in [0.1, 0.15) is 0 Å². The number of hydrazine groups is 1. The first-order valence-corrected chi connectivity index (χ1v) is 11.7. The number of hydrogen-bond donors (Lipinski definition) is 3. The van der Waals surface area contributed by atoms with Gasteiger partial charge in [-0.1, -0.05) is 25.7 Å². The minimum atomic E-state index is -0.715. The van der Waals surface area contributed by atoms with Gasteiger partial charge in [0.15, 0.2) is 11.6 Å². The van der Waals surface area contributed by atoms with Gasteiger partial charge in [0.25, 0.3) is 0 Å². The van der Waals surface area contributed by atoms with Gasteiger partial charge in [-0.05, 0) is 44.8 Å². The number of hydrogen-bond acceptors (Lipinski definition) is 8. The fourth-order valence-electron chi connectivity index (χ4n) is 4.68. The van der Waals surface area contributed by atoms with Crippen LogP contribution in [0.1, 0.15) is 46.0 Å². The molecular weight excluding hydrogens is 453 g/mol. The molecule has 1 saturated carbocycles. The third-order valence-electron chi connectivity index (χ3n) is 6.67. The lowest BCUT2D eigenvalue weighted by atomic mass is 9.92. The molecule has 184 valence electrons. The maximum atomic E-state index is 15.3. The number of amides is 2. The fourth-order valence-corrected chi connectivity index (χ4v) is 4.85. The molecule has 0 aromatic carbocycles. The van der Waals surface area contributed by atoms with Crippen molar-refractivity contribution in [2.24, 2.45) is 11.8 Å². The summed E-state index contributed by atoms with van der Waals surface area (Å²) in [5.74, 6) is -1.67. The Bertz CT molecular complexity index is 842. The van der Waals surface area contributed by atoms with E-state index in [1.807, 2.05) is 25.8 Å². The summed E-state index contributed by atoms with van der Waals surface area (Å²) in [6, 6.07) is 0.199. The number of likely N-dealkylation sites (N-methyl/N-ethyl adjacent to an activating group) is 1. The summed E-state index contributed by atoms with van der Waals surface area (Å²) in [6.45, 7) is 5.18. The van der Waals surface area contributed by atoms with Crippen LogP contribution in [0.2, 0.25) is 5.28 Å². The highest BCUT2D eigenvalue weighted by atomic mass is 35.5. The Labute approximate surface area is 198 Å². The Hall–Kier alpha value is -2.24. The second-order valence-corrected chi connectivity index (χ2v) is 9.53. The second kappa shape index (κ2) is 11.3. The minimum Gasteiger partial charge on any atom is -0.348 e. The van der Waals surface area contributed by atoms with Gasteiger partial charge in [-0.25, -0.2) is 5.06 Å². The second-order valence-electron chi connectivity index (χ2n) is 9.19. The van der Waals surface area contributed by atoms with Crippen LogP contribution in [0.3, 0.4) is 0 Å². The van der Waals surface area contributed by atoms with Crippen LogP contribution in [-0.2, 0) is 9.59 Å². The largest absolute Gasteiger partial charge is 0.348 e. The van der Waals surface area contributed by atoms with Crippen LogP contribution in [-0.4, -0.2) is 76.2 Å². The number of halogens is 2. The molecule has 0 bridgehead atoms. The topological polar surface area (TPSA) is 114 Å². The van der Waals surface area contributed by atoms with Gasteiger partial charge in [-0.15, -0.1) is 0 Å². The molecule has 1 aliphatic carbocycles. The molecule has 1 saturated heterocycles. The Morgan fingerprint density at radius 1 is 1.30 bits per heavy atom. The molecule has 3 N–H and O–H groups in total. The summed E-state index contributed by atoms with van der Waals surface area (Å²) < 4.78 is 15.3. The monoisotopic (exact) mass is 485 g/mol. The molecule has 0 radical (unpaired) electrons. The van der Waals surface area contributed by atoms with Crippen molar-refractivity contribution in [3.63, 3.8) is 0 Å². The molecule has 12 heteroatoms. The van der Waals surface area contributed by atoms with E-state index >= 15 is 4.39 Å². The van der Waals surface area contributed by atoms with Crippen molar-refractivity contribution in [3.05, 3.63) is 11.1 Å². The Balaban J connectivity index is 1.72. The molecule has 10 nitrogen and oxygen atoms in total. The van der Waals surface area contributed by atoms with Crippen LogP contribution >= 0.6 is 11.6 Å². The van der Waals surface area contributed by atoms with Crippen molar-refractivity contribution < 1.29 is 19.2 Å². The van der Waals surface area contributed by atoms with E-state index in [0.717, 1.165) is 32.2 Å². The number of carbonyl (C=O) groups excluding carboxylic acids is 2. The number of hydroxylamine groups is 2. The van der Waals surface area contributed by atoms with Crippen LogP contribution in [0.25, 0.3) is 0 Å². The molecule has 33 heavy (non-hydrogen) atoms. The molecule has 2 fully saturated rings. The van der Waals surface area contributed by atoms with E-state index in [4.69, 9.17) is 11.6 Å². The average molecular weight is 486 g/mol. The fraction of sp³-hybridized carbons (Fsp3) is 0.714. The van der Waals surface area contributed by atoms with Crippen LogP contribution < -0.4 is 15.8 Å². The molecule has 1 aromatic rings. The maximum Gasteiger partial charge on any atom is 0.243 e. The summed E-state index contributed by atoms with van der Waals surface area (Å²) in [6.07, 6.45) is 4.99. The summed E-state index contributed by atoms with van der Waals surface area (Å²) in [7, 11) is 2.02. The van der Waals surface area contributed by atoms with Gasteiger partial charge in [-0.3, -0.25) is 30.5 Å². The molecule has 2 heterocycles. The Kier molecular flexibility index (Phi) is 8.66. The zero-order valence-electron chi connectivity index (χ0n) is 19.3. The molecule has 1 aromatic heterocycles. The zero-order valence-corrected chi connectivity index (χ0v) is 20.1. The van der Waals surface area contributed by atoms with Gasteiger partial charge in [0.05, 0.1) is 12.5 Å². The van der Waals surface area contributed by atoms with Gasteiger partial charge < -0.3 is 4.90 Å². The molecule has 2 aliphatic rings. The predicted molar refractivity (Wildman–Crippen MR) is 122 cm³/mol. The quantitative estimate of drug-likeness (QED) is 0.211. The van der Waals surface area contributed by atoms with Crippen molar-refractivity contribution in [3.8, 4) is 0 Å². The Morgan fingerprint density at radius 3 is 2.67 bits per heavy atom. The SMILES string of the molecule is CC1CN(c2nc(Cl)nc(NNC(=O)[C@@H](CC3CCCC3)CN(O)C=O)c2F)C(C)CN1C. The first-order chi connectivity index (χ1) is 15.7. The minimum absolute atomic E-state index is 0.00350. The molecule has 3 atom stereocenters. The molecule has 3 rings (SSSR count). The normalized spacial score (nSPS) is 22.8. The summed E-state index contributed by atoms with van der Waals surface area (Å²) >= 11 is 6.08. The summed E-state index contributed by atoms with van der Waals surface area (Å²) in [5, 5.41) is 9.93.